The Kier molecular flexibility index (Phi) is 50.7. The lowest BCUT2D eigenvalue weighted by Gasteiger charge is -2.26. The predicted molar refractivity (Wildman–Crippen MR) is 288 cm³/mol. The molecule has 0 aromatic heterocycles. The van der Waals surface area contributed by atoms with Crippen molar-refractivity contribution in [3.8, 4) is 0 Å². The van der Waals surface area contributed by atoms with Gasteiger partial charge in [-0.2, -0.15) is 8.42 Å². The van der Waals surface area contributed by atoms with E-state index >= 15 is 0 Å². The van der Waals surface area contributed by atoms with E-state index in [-0.39, 0.29) is 5.75 Å². The fourth-order valence-corrected chi connectivity index (χ4v) is 9.91. The van der Waals surface area contributed by atoms with E-state index in [1.54, 1.807) is 0 Å². The van der Waals surface area contributed by atoms with Gasteiger partial charge in [-0.1, -0.05) is 290 Å². The zero-order chi connectivity index (χ0) is 46.6. The van der Waals surface area contributed by atoms with E-state index in [0.29, 0.717) is 11.0 Å². The molecule has 4 nitrogen and oxygen atoms in total. The van der Waals surface area contributed by atoms with Gasteiger partial charge in [-0.25, -0.2) is 4.48 Å². The van der Waals surface area contributed by atoms with E-state index in [2.05, 4.69) is 57.6 Å². The van der Waals surface area contributed by atoms with E-state index in [9.17, 15) is 13.0 Å². The molecule has 0 aliphatic rings. The number of hydrogen-bond acceptors (Lipinski definition) is 2. The molecule has 380 valence electrons. The van der Waals surface area contributed by atoms with Crippen LogP contribution >= 0.6 is 0 Å². The third kappa shape index (κ3) is 50.5. The summed E-state index contributed by atoms with van der Waals surface area (Å²) in [6, 6.07) is 0. The molecular weight excluding hydrogens is 803 g/mol. The van der Waals surface area contributed by atoms with Crippen molar-refractivity contribution in [1.82, 2.24) is 0 Å². The Morgan fingerprint density at radius 1 is 0.297 bits per heavy atom. The Balaban J connectivity index is 4.81. The van der Waals surface area contributed by atoms with Gasteiger partial charge in [-0.05, 0) is 56.8 Å². The van der Waals surface area contributed by atoms with Gasteiger partial charge in [-0.3, -0.25) is 4.55 Å². The van der Waals surface area contributed by atoms with Crippen molar-refractivity contribution >= 4 is 10.1 Å². The first kappa shape index (κ1) is 63.1. The Hall–Kier alpha value is -0.910. The van der Waals surface area contributed by atoms with E-state index in [1.807, 2.05) is 0 Å². The number of hydrogen-bond donors (Lipinski definition) is 1. The van der Waals surface area contributed by atoms with Crippen LogP contribution in [0.4, 0.5) is 0 Å². The van der Waals surface area contributed by atoms with Crippen molar-refractivity contribution in [3.05, 3.63) is 36.8 Å². The monoisotopic (exact) mass is 919 g/mol. The second kappa shape index (κ2) is 51.5. The Morgan fingerprint density at radius 3 is 0.641 bits per heavy atom. The van der Waals surface area contributed by atoms with Crippen LogP contribution in [-0.2, 0) is 10.1 Å². The van der Waals surface area contributed by atoms with E-state index in [0.717, 1.165) is 19.3 Å². The molecule has 0 unspecified atom stereocenters. The van der Waals surface area contributed by atoms with Crippen molar-refractivity contribution < 1.29 is 17.5 Å². The fraction of sp³-hybridized carbons (Fsp3) is 0.898. The highest BCUT2D eigenvalue weighted by Crippen LogP contribution is 2.20. The minimum atomic E-state index is -4.06. The second-order valence-corrected chi connectivity index (χ2v) is 21.9. The molecule has 0 radical (unpaired) electrons. The molecule has 0 fully saturated rings. The van der Waals surface area contributed by atoms with Gasteiger partial charge in [0.25, 0.3) is 10.1 Å². The van der Waals surface area contributed by atoms with Crippen molar-refractivity contribution in [3.63, 3.8) is 0 Å². The molecule has 0 saturated heterocycles. The summed E-state index contributed by atoms with van der Waals surface area (Å²) in [5.74, 6) is -0.233. The van der Waals surface area contributed by atoms with Gasteiger partial charge in [0.15, 0.2) is 0 Å². The molecule has 0 bridgehead atoms. The SMILES string of the molecule is CCCCCCCCCCCCCCCCC/C=C/[N+](/C=C/CCCCCCCCCCCCCCCCC)(/C=C/CCCCCCCCCCCCCCCCC)CCS(=O)(=O)O. The van der Waals surface area contributed by atoms with Crippen molar-refractivity contribution in [2.75, 3.05) is 12.3 Å². The Labute approximate surface area is 403 Å². The van der Waals surface area contributed by atoms with Gasteiger partial charge in [-0.15, -0.1) is 0 Å². The molecule has 0 rings (SSSR count). The quantitative estimate of drug-likeness (QED) is 0.0376. The first-order chi connectivity index (χ1) is 31.4. The molecule has 0 spiro atoms. The van der Waals surface area contributed by atoms with Crippen molar-refractivity contribution in [1.29, 1.82) is 0 Å². The third-order valence-corrected chi connectivity index (χ3v) is 14.5. The highest BCUT2D eigenvalue weighted by Gasteiger charge is 2.22. The Bertz CT molecular complexity index is 990. The van der Waals surface area contributed by atoms with Crippen LogP contribution in [0.1, 0.15) is 329 Å². The maximum Gasteiger partial charge on any atom is 0.270 e. The number of quaternary nitrogens is 1. The summed E-state index contributed by atoms with van der Waals surface area (Å²) in [5.41, 5.74) is 0. The standard InChI is InChI=1S/C59H115NO3S/c1-4-7-10-13-16-19-22-25-28-31-34-37-40-43-46-49-52-55-60(58-59-64(61,62)63,56-53-50-47-44-41-38-35-32-29-26-23-20-17-14-11-8-5-2)57-54-51-48-45-42-39-36-33-30-27-24-21-18-15-12-9-6-3/h52-57H,4-51,58-59H2,1-3H3/p+1/b55-52+,56-53+,57-54+. The van der Waals surface area contributed by atoms with Crippen LogP contribution in [0.3, 0.4) is 0 Å². The molecule has 0 heterocycles. The molecule has 1 N–H and O–H groups in total. The molecule has 0 aliphatic carbocycles. The lowest BCUT2D eigenvalue weighted by atomic mass is 10.0. The van der Waals surface area contributed by atoms with Gasteiger partial charge < -0.3 is 0 Å². The number of nitrogens with zero attached hydrogens (tertiary/aromatic N) is 1. The van der Waals surface area contributed by atoms with E-state index in [1.165, 1.54) is 289 Å². The van der Waals surface area contributed by atoms with Gasteiger partial charge in [0.1, 0.15) is 30.9 Å². The van der Waals surface area contributed by atoms with Crippen LogP contribution in [0.15, 0.2) is 36.8 Å². The fourth-order valence-electron chi connectivity index (χ4n) is 9.36. The maximum atomic E-state index is 12.1. The molecule has 5 heteroatoms. The summed E-state index contributed by atoms with van der Waals surface area (Å²) < 4.78 is 34.3. The molecule has 0 amide bonds. The first-order valence-electron chi connectivity index (χ1n) is 29.2. The number of unbranched alkanes of at least 4 members (excludes halogenated alkanes) is 45. The largest absolute Gasteiger partial charge is 0.285 e. The smallest absolute Gasteiger partial charge is 0.270 e. The average Bonchev–Trinajstić information content (AvgIpc) is 3.28. The van der Waals surface area contributed by atoms with Crippen LogP contribution in [0, 0.1) is 0 Å². The molecule has 0 aliphatic heterocycles. The topological polar surface area (TPSA) is 54.4 Å². The maximum absolute atomic E-state index is 12.1. The molecule has 0 aromatic carbocycles. The zero-order valence-corrected chi connectivity index (χ0v) is 44.8. The van der Waals surface area contributed by atoms with Crippen molar-refractivity contribution in [2.45, 2.75) is 329 Å². The predicted octanol–water partition coefficient (Wildman–Crippen LogP) is 21.0. The van der Waals surface area contributed by atoms with Crippen LogP contribution in [0.2, 0.25) is 0 Å². The lowest BCUT2D eigenvalue weighted by molar-refractivity contribution is -0.770. The second-order valence-electron chi connectivity index (χ2n) is 20.4. The van der Waals surface area contributed by atoms with Gasteiger partial charge in [0, 0.05) is 0 Å². The summed E-state index contributed by atoms with van der Waals surface area (Å²) in [7, 11) is -4.06. The van der Waals surface area contributed by atoms with Crippen LogP contribution < -0.4 is 0 Å². The summed E-state index contributed by atoms with van der Waals surface area (Å²) in [4.78, 5) is 0. The third-order valence-electron chi connectivity index (χ3n) is 13.8. The lowest BCUT2D eigenvalue weighted by Crippen LogP contribution is -2.35. The highest BCUT2D eigenvalue weighted by molar-refractivity contribution is 7.85. The zero-order valence-electron chi connectivity index (χ0n) is 43.9. The Morgan fingerprint density at radius 2 is 0.469 bits per heavy atom. The number of allylic oxidation sites excluding steroid dienone is 3. The molecular formula is C59H116NO3S+. The summed E-state index contributed by atoms with van der Waals surface area (Å²) >= 11 is 0. The molecule has 0 atom stereocenters. The van der Waals surface area contributed by atoms with Gasteiger partial charge in [0.05, 0.1) is 0 Å². The first-order valence-corrected chi connectivity index (χ1v) is 30.9. The molecule has 64 heavy (non-hydrogen) atoms. The number of rotatable bonds is 54. The minimum Gasteiger partial charge on any atom is -0.285 e. The van der Waals surface area contributed by atoms with Gasteiger partial charge in [0.2, 0.25) is 0 Å². The summed E-state index contributed by atoms with van der Waals surface area (Å²) in [6.07, 6.45) is 78.2. The van der Waals surface area contributed by atoms with E-state index in [4.69, 9.17) is 0 Å². The van der Waals surface area contributed by atoms with Crippen LogP contribution in [0.5, 0.6) is 0 Å². The minimum absolute atomic E-state index is 0.233. The summed E-state index contributed by atoms with van der Waals surface area (Å²) in [6.45, 7) is 7.21. The highest BCUT2D eigenvalue weighted by atomic mass is 32.2. The van der Waals surface area contributed by atoms with Crippen LogP contribution in [0.25, 0.3) is 0 Å². The average molecular weight is 920 g/mol. The van der Waals surface area contributed by atoms with Gasteiger partial charge >= 0.3 is 0 Å². The van der Waals surface area contributed by atoms with Crippen LogP contribution in [-0.4, -0.2) is 29.8 Å². The normalized spacial score (nSPS) is 12.6. The summed E-state index contributed by atoms with van der Waals surface area (Å²) in [5, 5.41) is 0. The molecule has 0 saturated carbocycles. The van der Waals surface area contributed by atoms with E-state index < -0.39 is 10.1 Å². The molecule has 0 aromatic rings. The van der Waals surface area contributed by atoms with Crippen molar-refractivity contribution in [2.24, 2.45) is 0 Å².